The summed E-state index contributed by atoms with van der Waals surface area (Å²) in [5.41, 5.74) is 0.897. The molecule has 1 aromatic carbocycles. The van der Waals surface area contributed by atoms with E-state index >= 15 is 0 Å². The van der Waals surface area contributed by atoms with Crippen molar-refractivity contribution >= 4 is 46.6 Å². The number of carbonyl (C=O) groups excluding carboxylic acids is 1. The second kappa shape index (κ2) is 9.61. The van der Waals surface area contributed by atoms with Crippen LogP contribution in [0.25, 0.3) is 0 Å². The van der Waals surface area contributed by atoms with Crippen LogP contribution in [0.5, 0.6) is 0 Å². The van der Waals surface area contributed by atoms with Crippen molar-refractivity contribution in [3.63, 3.8) is 0 Å². The number of halogens is 2. The van der Waals surface area contributed by atoms with Crippen molar-refractivity contribution in [2.45, 2.75) is 25.3 Å². The molecule has 0 aliphatic carbocycles. The Hall–Kier alpha value is -0.370. The van der Waals surface area contributed by atoms with Crippen LogP contribution < -0.4 is 10.6 Å². The zero-order valence-electron chi connectivity index (χ0n) is 12.3. The van der Waals surface area contributed by atoms with Crippen LogP contribution in [0.1, 0.15) is 19.3 Å². The standard InChI is InChI=1S/C15H22IN3O.ClH/c1-19(12-5-4-9-17-10-8-12)11-15(20)18-14-7-3-2-6-13(14)16;/h2-3,6-7,12,17H,4-5,8-11H2,1H3,(H,18,20);1H. The maximum absolute atomic E-state index is 12.1. The molecule has 1 heterocycles. The molecule has 1 unspecified atom stereocenters. The van der Waals surface area contributed by atoms with Gasteiger partial charge in [0.2, 0.25) is 5.91 Å². The lowest BCUT2D eigenvalue weighted by Crippen LogP contribution is -2.38. The van der Waals surface area contributed by atoms with Crippen LogP contribution in [0.3, 0.4) is 0 Å². The van der Waals surface area contributed by atoms with Gasteiger partial charge in [-0.3, -0.25) is 9.69 Å². The van der Waals surface area contributed by atoms with E-state index in [0.717, 1.165) is 28.8 Å². The zero-order valence-corrected chi connectivity index (χ0v) is 15.2. The number of para-hydroxylation sites is 1. The average molecular weight is 424 g/mol. The first-order chi connectivity index (χ1) is 9.66. The summed E-state index contributed by atoms with van der Waals surface area (Å²) < 4.78 is 1.07. The smallest absolute Gasteiger partial charge is 0.238 e. The number of nitrogens with zero attached hydrogens (tertiary/aromatic N) is 1. The third-order valence-electron chi connectivity index (χ3n) is 3.71. The molecule has 0 bridgehead atoms. The Morgan fingerprint density at radius 1 is 1.38 bits per heavy atom. The third-order valence-corrected chi connectivity index (χ3v) is 4.65. The number of nitrogens with one attached hydrogen (secondary N) is 2. The Kier molecular flexibility index (Phi) is 8.55. The first-order valence-electron chi connectivity index (χ1n) is 7.12. The molecule has 1 fully saturated rings. The normalized spacial score (nSPS) is 18.7. The van der Waals surface area contributed by atoms with Gasteiger partial charge in [-0.25, -0.2) is 0 Å². The number of likely N-dealkylation sites (N-methyl/N-ethyl adjacent to an activating group) is 1. The molecule has 0 radical (unpaired) electrons. The largest absolute Gasteiger partial charge is 0.324 e. The Labute approximate surface area is 146 Å². The minimum atomic E-state index is 0. The maximum atomic E-state index is 12.1. The molecule has 6 heteroatoms. The molecule has 1 aromatic rings. The van der Waals surface area contributed by atoms with E-state index in [1.165, 1.54) is 12.8 Å². The second-order valence-corrected chi connectivity index (χ2v) is 6.44. The molecule has 21 heavy (non-hydrogen) atoms. The molecule has 1 atom stereocenters. The Morgan fingerprint density at radius 3 is 2.90 bits per heavy atom. The minimum Gasteiger partial charge on any atom is -0.324 e. The quantitative estimate of drug-likeness (QED) is 0.732. The highest BCUT2D eigenvalue weighted by Gasteiger charge is 2.18. The Bertz CT molecular complexity index is 450. The summed E-state index contributed by atoms with van der Waals surface area (Å²) in [6, 6.07) is 8.36. The van der Waals surface area contributed by atoms with E-state index in [0.29, 0.717) is 12.6 Å². The average Bonchev–Trinajstić information content (AvgIpc) is 2.70. The summed E-state index contributed by atoms with van der Waals surface area (Å²) in [5, 5.41) is 6.40. The fraction of sp³-hybridized carbons (Fsp3) is 0.533. The highest BCUT2D eigenvalue weighted by molar-refractivity contribution is 14.1. The summed E-state index contributed by atoms with van der Waals surface area (Å²) in [6.45, 7) is 2.60. The predicted octanol–water partition coefficient (Wildman–Crippen LogP) is 2.73. The molecule has 4 nitrogen and oxygen atoms in total. The van der Waals surface area contributed by atoms with Gasteiger partial charge in [-0.15, -0.1) is 12.4 Å². The van der Waals surface area contributed by atoms with E-state index in [1.54, 1.807) is 0 Å². The van der Waals surface area contributed by atoms with Crippen LogP contribution in [-0.4, -0.2) is 43.5 Å². The Morgan fingerprint density at radius 2 is 2.14 bits per heavy atom. The number of carbonyl (C=O) groups is 1. The van der Waals surface area contributed by atoms with Gasteiger partial charge in [0.1, 0.15) is 0 Å². The molecular formula is C15H23ClIN3O. The lowest BCUT2D eigenvalue weighted by Gasteiger charge is -2.26. The molecule has 0 saturated carbocycles. The van der Waals surface area contributed by atoms with E-state index in [-0.39, 0.29) is 18.3 Å². The highest BCUT2D eigenvalue weighted by atomic mass is 127. The molecule has 2 N–H and O–H groups in total. The van der Waals surface area contributed by atoms with Gasteiger partial charge in [0, 0.05) is 9.61 Å². The van der Waals surface area contributed by atoms with Crippen LogP contribution in [0.4, 0.5) is 5.69 Å². The molecule has 2 rings (SSSR count). The first-order valence-corrected chi connectivity index (χ1v) is 8.20. The molecule has 1 amide bonds. The molecular weight excluding hydrogens is 401 g/mol. The van der Waals surface area contributed by atoms with Crippen molar-refractivity contribution in [2.75, 3.05) is 32.0 Å². The van der Waals surface area contributed by atoms with E-state index in [1.807, 2.05) is 31.3 Å². The van der Waals surface area contributed by atoms with Crippen LogP contribution in [0, 0.1) is 3.57 Å². The van der Waals surface area contributed by atoms with Gasteiger partial charge in [-0.05, 0) is 74.1 Å². The number of hydrogen-bond donors (Lipinski definition) is 2. The van der Waals surface area contributed by atoms with Crippen molar-refractivity contribution in [1.82, 2.24) is 10.2 Å². The van der Waals surface area contributed by atoms with E-state index in [9.17, 15) is 4.79 Å². The van der Waals surface area contributed by atoms with Crippen molar-refractivity contribution in [2.24, 2.45) is 0 Å². The zero-order chi connectivity index (χ0) is 14.4. The summed E-state index contributed by atoms with van der Waals surface area (Å²) in [5.74, 6) is 0.0637. The number of rotatable bonds is 4. The number of amides is 1. The van der Waals surface area contributed by atoms with Gasteiger partial charge in [0.15, 0.2) is 0 Å². The Balaban J connectivity index is 0.00000220. The molecule has 0 aromatic heterocycles. The highest BCUT2D eigenvalue weighted by Crippen LogP contribution is 2.17. The van der Waals surface area contributed by atoms with Gasteiger partial charge in [0.25, 0.3) is 0 Å². The van der Waals surface area contributed by atoms with Gasteiger partial charge >= 0.3 is 0 Å². The lowest BCUT2D eigenvalue weighted by atomic mass is 10.1. The first kappa shape index (κ1) is 18.7. The summed E-state index contributed by atoms with van der Waals surface area (Å²) >= 11 is 2.24. The maximum Gasteiger partial charge on any atom is 0.238 e. The van der Waals surface area contributed by atoms with Gasteiger partial charge in [0.05, 0.1) is 12.2 Å². The number of anilines is 1. The third kappa shape index (κ3) is 6.10. The van der Waals surface area contributed by atoms with Gasteiger partial charge in [-0.1, -0.05) is 12.1 Å². The fourth-order valence-electron chi connectivity index (χ4n) is 2.55. The van der Waals surface area contributed by atoms with Crippen LogP contribution >= 0.6 is 35.0 Å². The molecule has 1 aliphatic heterocycles. The monoisotopic (exact) mass is 423 g/mol. The fourth-order valence-corrected chi connectivity index (χ4v) is 3.07. The molecule has 1 saturated heterocycles. The lowest BCUT2D eigenvalue weighted by molar-refractivity contribution is -0.117. The molecule has 118 valence electrons. The second-order valence-electron chi connectivity index (χ2n) is 5.28. The predicted molar refractivity (Wildman–Crippen MR) is 98.2 cm³/mol. The topological polar surface area (TPSA) is 44.4 Å². The van der Waals surface area contributed by atoms with Crippen molar-refractivity contribution in [3.05, 3.63) is 27.8 Å². The summed E-state index contributed by atoms with van der Waals surface area (Å²) in [6.07, 6.45) is 3.47. The van der Waals surface area contributed by atoms with Crippen molar-refractivity contribution in [1.29, 1.82) is 0 Å². The molecule has 0 spiro atoms. The van der Waals surface area contributed by atoms with Gasteiger partial charge < -0.3 is 10.6 Å². The molecule has 1 aliphatic rings. The van der Waals surface area contributed by atoms with E-state index in [2.05, 4.69) is 38.1 Å². The van der Waals surface area contributed by atoms with Crippen LogP contribution in [0.15, 0.2) is 24.3 Å². The van der Waals surface area contributed by atoms with Gasteiger partial charge in [-0.2, -0.15) is 0 Å². The minimum absolute atomic E-state index is 0. The van der Waals surface area contributed by atoms with E-state index < -0.39 is 0 Å². The van der Waals surface area contributed by atoms with Crippen LogP contribution in [-0.2, 0) is 4.79 Å². The summed E-state index contributed by atoms with van der Waals surface area (Å²) in [7, 11) is 2.05. The van der Waals surface area contributed by atoms with Crippen LogP contribution in [0.2, 0.25) is 0 Å². The van der Waals surface area contributed by atoms with E-state index in [4.69, 9.17) is 0 Å². The summed E-state index contributed by atoms with van der Waals surface area (Å²) in [4.78, 5) is 14.3. The SMILES string of the molecule is CN(CC(=O)Nc1ccccc1I)C1CCCNCC1.Cl. The van der Waals surface area contributed by atoms with Crippen molar-refractivity contribution < 1.29 is 4.79 Å². The number of hydrogen-bond acceptors (Lipinski definition) is 3. The number of benzene rings is 1. The van der Waals surface area contributed by atoms with Crippen molar-refractivity contribution in [3.8, 4) is 0 Å².